The molecule has 0 aliphatic carbocycles. The standard InChI is InChI=1S/C14H17F3N2O3/c1-2-11-8-18(5-6-22-11)13(21)9-19-7-10(14(15,16)17)3-4-12(19)20/h3-4,7,11H,2,5-6,8-9H2,1H3/t11-/m1/s1. The number of alkyl halides is 3. The summed E-state index contributed by atoms with van der Waals surface area (Å²) in [5.74, 6) is -0.386. The maximum absolute atomic E-state index is 12.7. The first kappa shape index (κ1) is 16.5. The van der Waals surface area contributed by atoms with Gasteiger partial charge in [-0.1, -0.05) is 6.92 Å². The Bertz CT molecular complexity index is 598. The molecule has 1 aliphatic rings. The van der Waals surface area contributed by atoms with E-state index < -0.39 is 23.8 Å². The van der Waals surface area contributed by atoms with E-state index in [1.165, 1.54) is 4.90 Å². The fraction of sp³-hybridized carbons (Fsp3) is 0.571. The molecule has 1 aliphatic heterocycles. The lowest BCUT2D eigenvalue weighted by Gasteiger charge is -2.32. The molecule has 8 heteroatoms. The van der Waals surface area contributed by atoms with Crippen molar-refractivity contribution in [3.8, 4) is 0 Å². The fourth-order valence-electron chi connectivity index (χ4n) is 2.26. The SMILES string of the molecule is CC[C@@H]1CN(C(=O)Cn2cc(C(F)(F)F)ccc2=O)CCO1. The van der Waals surface area contributed by atoms with Crippen LogP contribution in [-0.2, 0) is 22.3 Å². The number of hydrogen-bond donors (Lipinski definition) is 0. The van der Waals surface area contributed by atoms with Crippen LogP contribution in [0.15, 0.2) is 23.1 Å². The molecule has 0 saturated carbocycles. The highest BCUT2D eigenvalue weighted by Crippen LogP contribution is 2.28. The lowest BCUT2D eigenvalue weighted by atomic mass is 10.2. The highest BCUT2D eigenvalue weighted by molar-refractivity contribution is 5.76. The summed E-state index contributed by atoms with van der Waals surface area (Å²) < 4.78 is 44.2. The monoisotopic (exact) mass is 318 g/mol. The van der Waals surface area contributed by atoms with E-state index in [0.29, 0.717) is 32.0 Å². The van der Waals surface area contributed by atoms with Gasteiger partial charge in [-0.05, 0) is 12.5 Å². The molecule has 0 unspecified atom stereocenters. The zero-order valence-corrected chi connectivity index (χ0v) is 12.1. The van der Waals surface area contributed by atoms with E-state index in [0.717, 1.165) is 17.1 Å². The maximum Gasteiger partial charge on any atom is 0.417 e. The number of rotatable bonds is 3. The first-order valence-electron chi connectivity index (χ1n) is 6.98. The van der Waals surface area contributed by atoms with Gasteiger partial charge >= 0.3 is 6.18 Å². The molecule has 1 atom stereocenters. The number of hydrogen-bond acceptors (Lipinski definition) is 3. The zero-order valence-electron chi connectivity index (χ0n) is 12.1. The number of ether oxygens (including phenoxy) is 1. The molecule has 0 spiro atoms. The number of carbonyl (C=O) groups is 1. The van der Waals surface area contributed by atoms with Crippen LogP contribution in [0.2, 0.25) is 0 Å². The van der Waals surface area contributed by atoms with Crippen molar-refractivity contribution >= 4 is 5.91 Å². The van der Waals surface area contributed by atoms with Crippen LogP contribution < -0.4 is 5.56 Å². The second-order valence-corrected chi connectivity index (χ2v) is 5.12. The number of halogens is 3. The number of amides is 1. The first-order chi connectivity index (χ1) is 10.3. The van der Waals surface area contributed by atoms with Crippen LogP contribution in [0.4, 0.5) is 13.2 Å². The van der Waals surface area contributed by atoms with Crippen LogP contribution in [0.3, 0.4) is 0 Å². The Morgan fingerprint density at radius 1 is 1.41 bits per heavy atom. The van der Waals surface area contributed by atoms with Crippen LogP contribution in [0.5, 0.6) is 0 Å². The Balaban J connectivity index is 2.13. The summed E-state index contributed by atoms with van der Waals surface area (Å²) in [7, 11) is 0. The normalized spacial score (nSPS) is 19.3. The Labute approximate surface area is 125 Å². The zero-order chi connectivity index (χ0) is 16.3. The van der Waals surface area contributed by atoms with Crippen molar-refractivity contribution in [3.05, 3.63) is 34.2 Å². The molecule has 1 fully saturated rings. The van der Waals surface area contributed by atoms with Crippen molar-refractivity contribution in [2.75, 3.05) is 19.7 Å². The molecule has 0 radical (unpaired) electrons. The summed E-state index contributed by atoms with van der Waals surface area (Å²) in [6.07, 6.45) is -3.20. The van der Waals surface area contributed by atoms with E-state index >= 15 is 0 Å². The van der Waals surface area contributed by atoms with Gasteiger partial charge in [-0.25, -0.2) is 0 Å². The molecule has 22 heavy (non-hydrogen) atoms. The third-order valence-corrected chi connectivity index (χ3v) is 3.56. The van der Waals surface area contributed by atoms with Gasteiger partial charge in [0, 0.05) is 25.4 Å². The highest BCUT2D eigenvalue weighted by Gasteiger charge is 2.31. The third-order valence-electron chi connectivity index (χ3n) is 3.56. The number of carbonyl (C=O) groups excluding carboxylic acids is 1. The summed E-state index contributed by atoms with van der Waals surface area (Å²) in [4.78, 5) is 25.3. The molecule has 122 valence electrons. The van der Waals surface area contributed by atoms with E-state index in [1.807, 2.05) is 6.92 Å². The van der Waals surface area contributed by atoms with E-state index in [4.69, 9.17) is 4.74 Å². The van der Waals surface area contributed by atoms with E-state index in [9.17, 15) is 22.8 Å². The highest BCUT2D eigenvalue weighted by atomic mass is 19.4. The molecule has 1 amide bonds. The molecule has 0 bridgehead atoms. The molecule has 1 aromatic heterocycles. The predicted octanol–water partition coefficient (Wildman–Crippen LogP) is 1.50. The number of aromatic nitrogens is 1. The van der Waals surface area contributed by atoms with Crippen LogP contribution in [0, 0.1) is 0 Å². The summed E-state index contributed by atoms with van der Waals surface area (Å²) in [6.45, 7) is 2.68. The van der Waals surface area contributed by atoms with Gasteiger partial charge in [0.25, 0.3) is 5.56 Å². The van der Waals surface area contributed by atoms with Crippen LogP contribution in [-0.4, -0.2) is 41.2 Å². The van der Waals surface area contributed by atoms with E-state index in [2.05, 4.69) is 0 Å². The Kier molecular flexibility index (Phi) is 4.90. The lowest BCUT2D eigenvalue weighted by molar-refractivity contribution is -0.141. The summed E-state index contributed by atoms with van der Waals surface area (Å²) in [5.41, 5.74) is -1.59. The van der Waals surface area contributed by atoms with Crippen LogP contribution >= 0.6 is 0 Å². The van der Waals surface area contributed by atoms with E-state index in [-0.39, 0.29) is 12.0 Å². The quantitative estimate of drug-likeness (QED) is 0.849. The van der Waals surface area contributed by atoms with Crippen molar-refractivity contribution in [2.45, 2.75) is 32.2 Å². The van der Waals surface area contributed by atoms with Gasteiger partial charge in [0.2, 0.25) is 5.91 Å². The maximum atomic E-state index is 12.7. The lowest BCUT2D eigenvalue weighted by Crippen LogP contribution is -2.47. The minimum Gasteiger partial charge on any atom is -0.375 e. The minimum absolute atomic E-state index is 0.0732. The van der Waals surface area contributed by atoms with Crippen molar-refractivity contribution in [1.29, 1.82) is 0 Å². The van der Waals surface area contributed by atoms with Gasteiger partial charge < -0.3 is 14.2 Å². The van der Waals surface area contributed by atoms with Crippen molar-refractivity contribution in [2.24, 2.45) is 0 Å². The van der Waals surface area contributed by atoms with Gasteiger partial charge in [-0.15, -0.1) is 0 Å². The molecule has 1 saturated heterocycles. The number of pyridine rings is 1. The third kappa shape index (κ3) is 3.88. The Morgan fingerprint density at radius 2 is 2.14 bits per heavy atom. The molecule has 5 nitrogen and oxygen atoms in total. The average molecular weight is 318 g/mol. The smallest absolute Gasteiger partial charge is 0.375 e. The molecular formula is C14H17F3N2O3. The average Bonchev–Trinajstić information content (AvgIpc) is 2.48. The van der Waals surface area contributed by atoms with Gasteiger partial charge in [0.1, 0.15) is 6.54 Å². The van der Waals surface area contributed by atoms with Crippen molar-refractivity contribution in [3.63, 3.8) is 0 Å². The molecule has 1 aromatic rings. The van der Waals surface area contributed by atoms with Gasteiger partial charge in [0.05, 0.1) is 18.3 Å². The second-order valence-electron chi connectivity index (χ2n) is 5.12. The number of nitrogens with zero attached hydrogens (tertiary/aromatic N) is 2. The first-order valence-corrected chi connectivity index (χ1v) is 6.98. The molecule has 2 heterocycles. The van der Waals surface area contributed by atoms with Crippen LogP contribution in [0.25, 0.3) is 0 Å². The summed E-state index contributed by atoms with van der Waals surface area (Å²) >= 11 is 0. The van der Waals surface area contributed by atoms with Crippen LogP contribution in [0.1, 0.15) is 18.9 Å². The van der Waals surface area contributed by atoms with Gasteiger partial charge in [-0.3, -0.25) is 9.59 Å². The minimum atomic E-state index is -4.55. The topological polar surface area (TPSA) is 51.5 Å². The molecular weight excluding hydrogens is 301 g/mol. The van der Waals surface area contributed by atoms with Gasteiger partial charge in [-0.2, -0.15) is 13.2 Å². The fourth-order valence-corrected chi connectivity index (χ4v) is 2.26. The largest absolute Gasteiger partial charge is 0.417 e. The molecule has 2 rings (SSSR count). The Morgan fingerprint density at radius 3 is 2.77 bits per heavy atom. The van der Waals surface area contributed by atoms with Crippen molar-refractivity contribution < 1.29 is 22.7 Å². The Hall–Kier alpha value is -1.83. The van der Waals surface area contributed by atoms with E-state index in [1.54, 1.807) is 0 Å². The predicted molar refractivity (Wildman–Crippen MR) is 72.3 cm³/mol. The molecule has 0 N–H and O–H groups in total. The summed E-state index contributed by atoms with van der Waals surface area (Å²) in [6, 6.07) is 1.54. The molecule has 0 aromatic carbocycles. The second kappa shape index (κ2) is 6.51. The summed E-state index contributed by atoms with van der Waals surface area (Å²) in [5, 5.41) is 0. The van der Waals surface area contributed by atoms with Crippen molar-refractivity contribution in [1.82, 2.24) is 9.47 Å². The number of morpholine rings is 1. The van der Waals surface area contributed by atoms with Gasteiger partial charge in [0.15, 0.2) is 0 Å².